The summed E-state index contributed by atoms with van der Waals surface area (Å²) in [7, 11) is -3.17. The van der Waals surface area contributed by atoms with E-state index in [0.29, 0.717) is 36.8 Å². The van der Waals surface area contributed by atoms with Crippen LogP contribution < -0.4 is 10.6 Å². The first kappa shape index (κ1) is 27.4. The molecule has 2 aromatic rings. The molecule has 0 aliphatic heterocycles. The second-order valence-electron chi connectivity index (χ2n) is 7.65. The van der Waals surface area contributed by atoms with E-state index in [4.69, 9.17) is 4.42 Å². The molecular weight excluding hydrogens is 529 g/mol. The van der Waals surface area contributed by atoms with Gasteiger partial charge in [-0.05, 0) is 45.7 Å². The Labute approximate surface area is 202 Å². The second-order valence-corrected chi connectivity index (χ2v) is 9.84. The van der Waals surface area contributed by atoms with Gasteiger partial charge < -0.3 is 20.2 Å². The van der Waals surface area contributed by atoms with Gasteiger partial charge in [0.2, 0.25) is 0 Å². The first-order chi connectivity index (χ1) is 14.1. The first-order valence-electron chi connectivity index (χ1n) is 10.2. The fraction of sp³-hybridized carbons (Fsp3) is 0.500. The van der Waals surface area contributed by atoms with Gasteiger partial charge in [0.1, 0.15) is 17.1 Å². The molecule has 0 aliphatic carbocycles. The normalized spacial score (nSPS) is 13.9. The van der Waals surface area contributed by atoms with Crippen LogP contribution in [0.15, 0.2) is 45.8 Å². The topological polar surface area (TPSA) is 104 Å². The number of halogens is 1. The SMILES string of the molecule is CCNC(=NCC(C)(O)c1cc(C)oc1C)NCCCS(=O)(=O)Cc1ccccc1.I. The molecule has 0 saturated carbocycles. The van der Waals surface area contributed by atoms with Crippen molar-refractivity contribution < 1.29 is 17.9 Å². The van der Waals surface area contributed by atoms with Crippen molar-refractivity contribution in [3.8, 4) is 0 Å². The highest BCUT2D eigenvalue weighted by molar-refractivity contribution is 14.0. The molecule has 1 aromatic carbocycles. The van der Waals surface area contributed by atoms with Crippen LogP contribution in [-0.2, 0) is 21.2 Å². The number of hydrogen-bond acceptors (Lipinski definition) is 5. The third-order valence-corrected chi connectivity index (χ3v) is 6.35. The van der Waals surface area contributed by atoms with Crippen LogP contribution in [0.3, 0.4) is 0 Å². The van der Waals surface area contributed by atoms with Crippen LogP contribution in [0, 0.1) is 13.8 Å². The zero-order valence-electron chi connectivity index (χ0n) is 18.6. The molecule has 0 aliphatic rings. The Kier molecular flexibility index (Phi) is 11.0. The van der Waals surface area contributed by atoms with Gasteiger partial charge in [0.25, 0.3) is 0 Å². The number of nitrogens with zero attached hydrogens (tertiary/aromatic N) is 1. The number of aliphatic imine (C=N–C) groups is 1. The van der Waals surface area contributed by atoms with Gasteiger partial charge in [-0.3, -0.25) is 0 Å². The van der Waals surface area contributed by atoms with Crippen molar-refractivity contribution in [2.75, 3.05) is 25.4 Å². The minimum Gasteiger partial charge on any atom is -0.466 e. The lowest BCUT2D eigenvalue weighted by Gasteiger charge is -2.21. The molecule has 174 valence electrons. The maximum atomic E-state index is 12.3. The highest BCUT2D eigenvalue weighted by Crippen LogP contribution is 2.27. The van der Waals surface area contributed by atoms with Gasteiger partial charge in [-0.2, -0.15) is 0 Å². The van der Waals surface area contributed by atoms with E-state index in [0.717, 1.165) is 11.3 Å². The number of furan rings is 1. The summed E-state index contributed by atoms with van der Waals surface area (Å²) < 4.78 is 30.1. The quantitative estimate of drug-likeness (QED) is 0.178. The van der Waals surface area contributed by atoms with E-state index in [-0.39, 0.29) is 42.0 Å². The molecule has 1 atom stereocenters. The van der Waals surface area contributed by atoms with Crippen molar-refractivity contribution in [2.45, 2.75) is 45.5 Å². The maximum absolute atomic E-state index is 12.3. The standard InChI is InChI=1S/C22H33N3O4S.HI/c1-5-23-21(25-16-22(4,26)20-14-17(2)29-18(20)3)24-12-9-13-30(27,28)15-19-10-7-6-8-11-19;/h6-8,10-11,14,26H,5,9,12-13,15-16H2,1-4H3,(H2,23,24,25);1H. The molecule has 7 nitrogen and oxygen atoms in total. The zero-order valence-corrected chi connectivity index (χ0v) is 21.8. The molecule has 0 saturated heterocycles. The lowest BCUT2D eigenvalue weighted by Crippen LogP contribution is -2.39. The van der Waals surface area contributed by atoms with Gasteiger partial charge in [-0.15, -0.1) is 24.0 Å². The molecule has 1 unspecified atom stereocenters. The molecule has 9 heteroatoms. The minimum absolute atomic E-state index is 0. The van der Waals surface area contributed by atoms with Crippen molar-refractivity contribution in [3.63, 3.8) is 0 Å². The lowest BCUT2D eigenvalue weighted by atomic mass is 9.96. The lowest BCUT2D eigenvalue weighted by molar-refractivity contribution is 0.0657. The third-order valence-electron chi connectivity index (χ3n) is 4.66. The molecule has 0 bridgehead atoms. The molecule has 0 fully saturated rings. The summed E-state index contributed by atoms with van der Waals surface area (Å²) in [5.74, 6) is 2.10. The smallest absolute Gasteiger partial charge is 0.191 e. The Morgan fingerprint density at radius 1 is 1.19 bits per heavy atom. The van der Waals surface area contributed by atoms with E-state index in [9.17, 15) is 13.5 Å². The van der Waals surface area contributed by atoms with Crippen LogP contribution in [0.4, 0.5) is 0 Å². The molecule has 0 amide bonds. The summed E-state index contributed by atoms with van der Waals surface area (Å²) in [5.41, 5.74) is 0.349. The Morgan fingerprint density at radius 2 is 1.87 bits per heavy atom. The summed E-state index contributed by atoms with van der Waals surface area (Å²) in [5, 5.41) is 17.1. The zero-order chi connectivity index (χ0) is 22.2. The molecule has 2 rings (SSSR count). The largest absolute Gasteiger partial charge is 0.466 e. The summed E-state index contributed by atoms with van der Waals surface area (Å²) in [4.78, 5) is 4.47. The van der Waals surface area contributed by atoms with Crippen LogP contribution in [0.1, 0.15) is 42.9 Å². The number of rotatable bonds is 10. The van der Waals surface area contributed by atoms with E-state index in [1.807, 2.05) is 57.2 Å². The molecule has 1 aromatic heterocycles. The summed E-state index contributed by atoms with van der Waals surface area (Å²) in [6.45, 7) is 8.58. The fourth-order valence-electron chi connectivity index (χ4n) is 3.22. The third kappa shape index (κ3) is 9.20. The number of hydrogen-bond donors (Lipinski definition) is 3. The van der Waals surface area contributed by atoms with Crippen LogP contribution >= 0.6 is 24.0 Å². The Bertz CT molecular complexity index is 941. The van der Waals surface area contributed by atoms with Crippen LogP contribution in [0.5, 0.6) is 0 Å². The predicted molar refractivity (Wildman–Crippen MR) is 136 cm³/mol. The Balaban J connectivity index is 0.00000480. The van der Waals surface area contributed by atoms with E-state index >= 15 is 0 Å². The molecule has 1 heterocycles. The van der Waals surface area contributed by atoms with Gasteiger partial charge >= 0.3 is 0 Å². The van der Waals surface area contributed by atoms with Gasteiger partial charge in [0, 0.05) is 18.7 Å². The predicted octanol–water partition coefficient (Wildman–Crippen LogP) is 3.28. The number of sulfone groups is 1. The number of aryl methyl sites for hydroxylation is 2. The molecule has 0 spiro atoms. The molecule has 31 heavy (non-hydrogen) atoms. The van der Waals surface area contributed by atoms with Gasteiger partial charge in [0.05, 0.1) is 18.1 Å². The Morgan fingerprint density at radius 3 is 2.45 bits per heavy atom. The maximum Gasteiger partial charge on any atom is 0.191 e. The number of benzene rings is 1. The monoisotopic (exact) mass is 563 g/mol. The van der Waals surface area contributed by atoms with E-state index in [1.54, 1.807) is 6.92 Å². The van der Waals surface area contributed by atoms with E-state index < -0.39 is 15.4 Å². The highest BCUT2D eigenvalue weighted by Gasteiger charge is 2.27. The molecule has 0 radical (unpaired) electrons. The highest BCUT2D eigenvalue weighted by atomic mass is 127. The summed E-state index contributed by atoms with van der Waals surface area (Å²) in [6, 6.07) is 11.0. The minimum atomic E-state index is -3.17. The van der Waals surface area contributed by atoms with Gasteiger partial charge in [0.15, 0.2) is 15.8 Å². The average Bonchev–Trinajstić information content (AvgIpc) is 3.02. The summed E-state index contributed by atoms with van der Waals surface area (Å²) >= 11 is 0. The van der Waals surface area contributed by atoms with Crippen molar-refractivity contribution in [1.29, 1.82) is 0 Å². The van der Waals surface area contributed by atoms with Crippen molar-refractivity contribution in [1.82, 2.24) is 10.6 Å². The molecular formula is C22H34IN3O4S. The molecule has 3 N–H and O–H groups in total. The van der Waals surface area contributed by atoms with Crippen molar-refractivity contribution in [3.05, 3.63) is 59.0 Å². The van der Waals surface area contributed by atoms with Crippen LogP contribution in [0.25, 0.3) is 0 Å². The van der Waals surface area contributed by atoms with Crippen molar-refractivity contribution in [2.24, 2.45) is 4.99 Å². The second kappa shape index (κ2) is 12.4. The van der Waals surface area contributed by atoms with Crippen LogP contribution in [-0.4, -0.2) is 44.9 Å². The van der Waals surface area contributed by atoms with E-state index in [2.05, 4.69) is 15.6 Å². The van der Waals surface area contributed by atoms with Crippen molar-refractivity contribution >= 4 is 39.8 Å². The average molecular weight is 564 g/mol. The van der Waals surface area contributed by atoms with Gasteiger partial charge in [-0.1, -0.05) is 30.3 Å². The van der Waals surface area contributed by atoms with E-state index in [1.165, 1.54) is 0 Å². The Hall–Kier alpha value is -1.59. The number of aliphatic hydroxyl groups is 1. The fourth-order valence-corrected chi connectivity index (χ4v) is 4.65. The first-order valence-corrected chi connectivity index (χ1v) is 12.0. The number of nitrogens with one attached hydrogen (secondary N) is 2. The number of guanidine groups is 1. The van der Waals surface area contributed by atoms with Gasteiger partial charge in [-0.25, -0.2) is 13.4 Å². The summed E-state index contributed by atoms with van der Waals surface area (Å²) in [6.07, 6.45) is 0.468. The van der Waals surface area contributed by atoms with Crippen LogP contribution in [0.2, 0.25) is 0 Å².